The Balaban J connectivity index is 2.21. The molecule has 0 heterocycles. The predicted octanol–water partition coefficient (Wildman–Crippen LogP) is 4.49. The molecule has 2 aromatic rings. The maximum atomic E-state index is 12.3. The van der Waals surface area contributed by atoms with Crippen LogP contribution in [0, 0.1) is 0 Å². The second-order valence-corrected chi connectivity index (χ2v) is 8.84. The van der Waals surface area contributed by atoms with Crippen LogP contribution in [-0.4, -0.2) is 27.1 Å². The Hall–Kier alpha value is -1.76. The van der Waals surface area contributed by atoms with Gasteiger partial charge in [-0.3, -0.25) is 9.10 Å². The van der Waals surface area contributed by atoms with Crippen molar-refractivity contribution in [3.05, 3.63) is 63.6 Å². The van der Waals surface area contributed by atoms with E-state index in [4.69, 9.17) is 23.2 Å². The zero-order chi connectivity index (χ0) is 20.0. The van der Waals surface area contributed by atoms with Crippen molar-refractivity contribution in [1.82, 2.24) is 5.32 Å². The smallest absolute Gasteiger partial charge is 0.251 e. The summed E-state index contributed by atoms with van der Waals surface area (Å²) in [6.07, 6.45) is 3.04. The molecule has 0 aromatic heterocycles. The molecule has 0 unspecified atom stereocenters. The van der Waals surface area contributed by atoms with Crippen molar-refractivity contribution < 1.29 is 13.2 Å². The van der Waals surface area contributed by atoms with Crippen LogP contribution in [0.15, 0.2) is 42.5 Å². The lowest BCUT2D eigenvalue weighted by Gasteiger charge is -2.24. The van der Waals surface area contributed by atoms with Crippen LogP contribution >= 0.6 is 23.2 Å². The molecule has 2 rings (SSSR count). The zero-order valence-corrected chi connectivity index (χ0v) is 17.5. The van der Waals surface area contributed by atoms with Crippen LogP contribution in [0.1, 0.15) is 35.7 Å². The molecule has 1 N–H and O–H groups in total. The second kappa shape index (κ2) is 9.44. The van der Waals surface area contributed by atoms with Gasteiger partial charge < -0.3 is 5.32 Å². The highest BCUT2D eigenvalue weighted by molar-refractivity contribution is 7.92. The first-order valence-electron chi connectivity index (χ1n) is 8.53. The summed E-state index contributed by atoms with van der Waals surface area (Å²) in [4.78, 5) is 12.1. The molecule has 1 amide bonds. The van der Waals surface area contributed by atoms with E-state index >= 15 is 0 Å². The van der Waals surface area contributed by atoms with Crippen molar-refractivity contribution >= 4 is 44.8 Å². The number of amides is 1. The molecule has 146 valence electrons. The molecule has 0 spiro atoms. The monoisotopic (exact) mass is 428 g/mol. The van der Waals surface area contributed by atoms with Crippen molar-refractivity contribution in [2.45, 2.75) is 26.3 Å². The number of hydrogen-bond acceptors (Lipinski definition) is 3. The fourth-order valence-electron chi connectivity index (χ4n) is 2.47. The Kier molecular flexibility index (Phi) is 7.53. The van der Waals surface area contributed by atoms with Crippen molar-refractivity contribution in [3.8, 4) is 0 Å². The Bertz CT molecular complexity index is 900. The van der Waals surface area contributed by atoms with E-state index in [1.165, 1.54) is 4.31 Å². The third-order valence-electron chi connectivity index (χ3n) is 3.96. The number of hydrogen-bond donors (Lipinski definition) is 1. The van der Waals surface area contributed by atoms with Crippen LogP contribution in [0.4, 0.5) is 5.69 Å². The van der Waals surface area contributed by atoms with Gasteiger partial charge in [0.25, 0.3) is 5.91 Å². The average molecular weight is 429 g/mol. The first-order valence-corrected chi connectivity index (χ1v) is 11.1. The molecule has 5 nitrogen and oxygen atoms in total. The van der Waals surface area contributed by atoms with Gasteiger partial charge >= 0.3 is 0 Å². The van der Waals surface area contributed by atoms with E-state index in [9.17, 15) is 13.2 Å². The van der Waals surface area contributed by atoms with Gasteiger partial charge in [-0.15, -0.1) is 0 Å². The molecular weight excluding hydrogens is 407 g/mol. The third-order valence-corrected chi connectivity index (χ3v) is 5.89. The van der Waals surface area contributed by atoms with E-state index in [0.717, 1.165) is 24.7 Å². The highest BCUT2D eigenvalue weighted by Crippen LogP contribution is 2.34. The summed E-state index contributed by atoms with van der Waals surface area (Å²) in [5.74, 6) is -0.146. The quantitative estimate of drug-likeness (QED) is 0.629. The highest BCUT2D eigenvalue weighted by Gasteiger charge is 2.21. The summed E-state index contributed by atoms with van der Waals surface area (Å²) in [5.41, 5.74) is 1.57. The molecule has 27 heavy (non-hydrogen) atoms. The number of anilines is 1. The van der Waals surface area contributed by atoms with Crippen LogP contribution in [0.3, 0.4) is 0 Å². The predicted molar refractivity (Wildman–Crippen MR) is 111 cm³/mol. The first kappa shape index (κ1) is 21.5. The van der Waals surface area contributed by atoms with Crippen LogP contribution in [-0.2, 0) is 16.6 Å². The molecule has 0 radical (unpaired) electrons. The van der Waals surface area contributed by atoms with Gasteiger partial charge in [-0.05, 0) is 36.2 Å². The van der Waals surface area contributed by atoms with E-state index in [1.807, 2.05) is 0 Å². The number of unbranched alkanes of at least 4 members (excludes halogenated alkanes) is 1. The zero-order valence-electron chi connectivity index (χ0n) is 15.2. The van der Waals surface area contributed by atoms with Gasteiger partial charge in [-0.25, -0.2) is 8.42 Å². The number of halogens is 2. The Morgan fingerprint density at radius 2 is 1.78 bits per heavy atom. The fourth-order valence-corrected chi connectivity index (χ4v) is 3.81. The lowest BCUT2D eigenvalue weighted by Crippen LogP contribution is -2.29. The van der Waals surface area contributed by atoms with E-state index in [2.05, 4.69) is 12.2 Å². The van der Waals surface area contributed by atoms with Gasteiger partial charge in [-0.1, -0.05) is 54.7 Å². The molecule has 0 bridgehead atoms. The Morgan fingerprint density at radius 3 is 2.37 bits per heavy atom. The Morgan fingerprint density at radius 1 is 1.11 bits per heavy atom. The van der Waals surface area contributed by atoms with Crippen molar-refractivity contribution in [1.29, 1.82) is 0 Å². The van der Waals surface area contributed by atoms with Gasteiger partial charge in [0.15, 0.2) is 0 Å². The summed E-state index contributed by atoms with van der Waals surface area (Å²) in [5, 5.41) is 3.30. The van der Waals surface area contributed by atoms with E-state index in [-0.39, 0.29) is 22.5 Å². The summed E-state index contributed by atoms with van der Waals surface area (Å²) < 4.78 is 25.8. The normalized spacial score (nSPS) is 11.3. The molecule has 0 aliphatic rings. The number of rotatable bonds is 8. The number of benzene rings is 2. The standard InChI is InChI=1S/C19H22Cl2N2O3S/c1-3-4-12-22-19(24)15-10-8-14(9-11-15)13-23(27(2,25)26)17-7-5-6-16(20)18(17)21/h5-11H,3-4,12-13H2,1-2H3,(H,22,24). The SMILES string of the molecule is CCCCNC(=O)c1ccc(CN(c2cccc(Cl)c2Cl)S(C)(=O)=O)cc1. The maximum absolute atomic E-state index is 12.3. The molecule has 8 heteroatoms. The minimum atomic E-state index is -3.59. The molecule has 0 atom stereocenters. The van der Waals surface area contributed by atoms with Crippen LogP contribution in [0.2, 0.25) is 10.0 Å². The lowest BCUT2D eigenvalue weighted by atomic mass is 10.1. The molecule has 0 saturated heterocycles. The van der Waals surface area contributed by atoms with E-state index < -0.39 is 10.0 Å². The third kappa shape index (κ3) is 5.86. The second-order valence-electron chi connectivity index (χ2n) is 6.15. The van der Waals surface area contributed by atoms with Gasteiger partial charge in [-0.2, -0.15) is 0 Å². The maximum Gasteiger partial charge on any atom is 0.251 e. The summed E-state index contributed by atoms with van der Waals surface area (Å²) >= 11 is 12.2. The topological polar surface area (TPSA) is 66.5 Å². The van der Waals surface area contributed by atoms with Crippen LogP contribution < -0.4 is 9.62 Å². The number of carbonyl (C=O) groups is 1. The minimum Gasteiger partial charge on any atom is -0.352 e. The molecule has 0 fully saturated rings. The van der Waals surface area contributed by atoms with Gasteiger partial charge in [0.2, 0.25) is 10.0 Å². The van der Waals surface area contributed by atoms with Crippen LogP contribution in [0.5, 0.6) is 0 Å². The minimum absolute atomic E-state index is 0.0800. The molecule has 0 aliphatic heterocycles. The van der Waals surface area contributed by atoms with Gasteiger partial charge in [0.1, 0.15) is 0 Å². The largest absolute Gasteiger partial charge is 0.352 e. The lowest BCUT2D eigenvalue weighted by molar-refractivity contribution is 0.0953. The van der Waals surface area contributed by atoms with E-state index in [1.54, 1.807) is 42.5 Å². The van der Waals surface area contributed by atoms with E-state index in [0.29, 0.717) is 17.8 Å². The van der Waals surface area contributed by atoms with Crippen molar-refractivity contribution in [3.63, 3.8) is 0 Å². The summed E-state index contributed by atoms with van der Waals surface area (Å²) in [7, 11) is -3.59. The summed E-state index contributed by atoms with van der Waals surface area (Å²) in [6, 6.07) is 11.7. The first-order chi connectivity index (χ1) is 12.7. The number of carbonyl (C=O) groups excluding carboxylic acids is 1. The van der Waals surface area contributed by atoms with Gasteiger partial charge in [0.05, 0.1) is 28.5 Å². The molecule has 0 aliphatic carbocycles. The molecule has 2 aromatic carbocycles. The number of nitrogens with zero attached hydrogens (tertiary/aromatic N) is 1. The average Bonchev–Trinajstić information content (AvgIpc) is 2.62. The van der Waals surface area contributed by atoms with Gasteiger partial charge in [0, 0.05) is 12.1 Å². The van der Waals surface area contributed by atoms with Crippen LogP contribution in [0.25, 0.3) is 0 Å². The Labute approximate surface area is 170 Å². The number of sulfonamides is 1. The highest BCUT2D eigenvalue weighted by atomic mass is 35.5. The van der Waals surface area contributed by atoms with Crippen molar-refractivity contribution in [2.75, 3.05) is 17.1 Å². The fraction of sp³-hybridized carbons (Fsp3) is 0.316. The molecule has 0 saturated carbocycles. The molecular formula is C19H22Cl2N2O3S. The van der Waals surface area contributed by atoms with Crippen molar-refractivity contribution in [2.24, 2.45) is 0 Å². The number of nitrogens with one attached hydrogen (secondary N) is 1. The summed E-state index contributed by atoms with van der Waals surface area (Å²) in [6.45, 7) is 2.77.